The van der Waals surface area contributed by atoms with Crippen LogP contribution in [0, 0.1) is 10.1 Å². The maximum atomic E-state index is 12.0. The van der Waals surface area contributed by atoms with Crippen molar-refractivity contribution in [1.29, 1.82) is 0 Å². The minimum atomic E-state index is -0.401. The van der Waals surface area contributed by atoms with E-state index in [9.17, 15) is 14.9 Å². The summed E-state index contributed by atoms with van der Waals surface area (Å²) < 4.78 is 0. The quantitative estimate of drug-likeness (QED) is 0.489. The molecule has 2 rings (SSSR count). The van der Waals surface area contributed by atoms with Gasteiger partial charge in [0.2, 0.25) is 5.91 Å². The van der Waals surface area contributed by atoms with E-state index in [1.807, 2.05) is 0 Å². The van der Waals surface area contributed by atoms with Gasteiger partial charge in [0.25, 0.3) is 5.69 Å². The van der Waals surface area contributed by atoms with Crippen LogP contribution in [0.3, 0.4) is 0 Å². The van der Waals surface area contributed by atoms with Gasteiger partial charge in [-0.05, 0) is 24.5 Å². The van der Waals surface area contributed by atoms with E-state index in [1.54, 1.807) is 17.0 Å². The number of nitro groups is 1. The first kappa shape index (κ1) is 13.0. The molecule has 0 aliphatic carbocycles. The van der Waals surface area contributed by atoms with Crippen LogP contribution in [-0.4, -0.2) is 22.7 Å². The van der Waals surface area contributed by atoms with E-state index < -0.39 is 4.92 Å². The number of anilines is 1. The number of alkyl halides is 1. The Morgan fingerprint density at radius 2 is 2.17 bits per heavy atom. The first-order valence-electron chi connectivity index (χ1n) is 5.77. The monoisotopic (exact) mass is 312 g/mol. The van der Waals surface area contributed by atoms with Crippen LogP contribution in [-0.2, 0) is 11.2 Å². The van der Waals surface area contributed by atoms with Gasteiger partial charge < -0.3 is 4.90 Å². The van der Waals surface area contributed by atoms with Crippen LogP contribution in [0.5, 0.6) is 0 Å². The summed E-state index contributed by atoms with van der Waals surface area (Å²) in [4.78, 5) is 24.0. The number of non-ortho nitro benzene ring substituents is 1. The summed E-state index contributed by atoms with van der Waals surface area (Å²) >= 11 is 3.33. The van der Waals surface area contributed by atoms with Gasteiger partial charge in [-0.2, -0.15) is 0 Å². The van der Waals surface area contributed by atoms with E-state index in [0.29, 0.717) is 24.7 Å². The van der Waals surface area contributed by atoms with E-state index in [2.05, 4.69) is 15.9 Å². The van der Waals surface area contributed by atoms with Gasteiger partial charge in [0.05, 0.1) is 4.92 Å². The topological polar surface area (TPSA) is 63.4 Å². The predicted octanol–water partition coefficient (Wildman–Crippen LogP) is 2.66. The average Bonchev–Trinajstić information content (AvgIpc) is 2.49. The molecule has 5 nitrogen and oxygen atoms in total. The van der Waals surface area contributed by atoms with Gasteiger partial charge in [0, 0.05) is 36.1 Å². The van der Waals surface area contributed by atoms with Crippen molar-refractivity contribution in [3.63, 3.8) is 0 Å². The molecule has 0 aromatic heterocycles. The number of benzene rings is 1. The molecule has 0 atom stereocenters. The van der Waals surface area contributed by atoms with Crippen LogP contribution in [0.4, 0.5) is 11.4 Å². The molecule has 0 fully saturated rings. The number of hydrogen-bond donors (Lipinski definition) is 0. The summed E-state index contributed by atoms with van der Waals surface area (Å²) in [7, 11) is 0. The van der Waals surface area contributed by atoms with Crippen molar-refractivity contribution in [2.75, 3.05) is 16.8 Å². The van der Waals surface area contributed by atoms with Crippen molar-refractivity contribution in [3.05, 3.63) is 33.9 Å². The predicted molar refractivity (Wildman–Crippen MR) is 72.2 cm³/mol. The van der Waals surface area contributed by atoms with Crippen molar-refractivity contribution in [3.8, 4) is 0 Å². The number of halogens is 1. The highest BCUT2D eigenvalue weighted by Crippen LogP contribution is 2.30. The van der Waals surface area contributed by atoms with Gasteiger partial charge in [-0.1, -0.05) is 15.9 Å². The molecule has 0 saturated carbocycles. The zero-order chi connectivity index (χ0) is 13.1. The fourth-order valence-corrected chi connectivity index (χ4v) is 2.53. The number of aryl methyl sites for hydroxylation is 1. The summed E-state index contributed by atoms with van der Waals surface area (Å²) in [6.45, 7) is 0.587. The zero-order valence-corrected chi connectivity index (χ0v) is 11.4. The lowest BCUT2D eigenvalue weighted by Gasteiger charge is -2.21. The molecule has 0 saturated heterocycles. The number of amides is 1. The molecule has 6 heteroatoms. The zero-order valence-electron chi connectivity index (χ0n) is 9.76. The molecule has 18 heavy (non-hydrogen) atoms. The number of nitrogens with zero attached hydrogens (tertiary/aromatic N) is 2. The molecule has 1 aromatic carbocycles. The summed E-state index contributed by atoms with van der Waals surface area (Å²) in [5, 5.41) is 11.5. The Kier molecular flexibility index (Phi) is 3.96. The van der Waals surface area contributed by atoms with Crippen LogP contribution in [0.2, 0.25) is 0 Å². The molecule has 0 unspecified atom stereocenters. The Morgan fingerprint density at radius 3 is 2.83 bits per heavy atom. The van der Waals surface area contributed by atoms with Crippen LogP contribution in [0.25, 0.3) is 0 Å². The largest absolute Gasteiger partial charge is 0.311 e. The average molecular weight is 313 g/mol. The first-order valence-corrected chi connectivity index (χ1v) is 6.89. The molecular formula is C12H13BrN2O3. The lowest BCUT2D eigenvalue weighted by Crippen LogP contribution is -2.31. The molecule has 1 aromatic rings. The minimum Gasteiger partial charge on any atom is -0.311 e. The van der Waals surface area contributed by atoms with Gasteiger partial charge in [0.1, 0.15) is 0 Å². The van der Waals surface area contributed by atoms with E-state index in [1.165, 1.54) is 6.07 Å². The summed E-state index contributed by atoms with van der Waals surface area (Å²) in [5.74, 6) is 0.0852. The Balaban J connectivity index is 2.43. The fraction of sp³-hybridized carbons (Fsp3) is 0.417. The van der Waals surface area contributed by atoms with Gasteiger partial charge in [-0.15, -0.1) is 0 Å². The number of nitro benzene ring substituents is 1. The van der Waals surface area contributed by atoms with Gasteiger partial charge in [-0.3, -0.25) is 14.9 Å². The third-order valence-electron chi connectivity index (χ3n) is 3.01. The molecule has 1 aliphatic rings. The molecule has 0 bridgehead atoms. The Bertz CT molecular complexity index is 490. The first-order chi connectivity index (χ1) is 8.63. The van der Waals surface area contributed by atoms with Crippen LogP contribution in [0.15, 0.2) is 18.2 Å². The molecule has 96 valence electrons. The van der Waals surface area contributed by atoms with Gasteiger partial charge in [0.15, 0.2) is 0 Å². The van der Waals surface area contributed by atoms with Crippen LogP contribution < -0.4 is 4.90 Å². The summed E-state index contributed by atoms with van der Waals surface area (Å²) in [6.07, 6.45) is 1.95. The van der Waals surface area contributed by atoms with Crippen molar-refractivity contribution in [2.24, 2.45) is 0 Å². The Morgan fingerprint density at radius 1 is 1.39 bits per heavy atom. The summed E-state index contributed by atoms with van der Waals surface area (Å²) in [5.41, 5.74) is 1.78. The number of rotatable bonds is 3. The van der Waals surface area contributed by atoms with Crippen molar-refractivity contribution in [1.82, 2.24) is 0 Å². The molecule has 0 spiro atoms. The number of carbonyl (C=O) groups excluding carboxylic acids is 1. The standard InChI is InChI=1S/C12H13BrN2O3/c13-6-7-14-11-5-4-10(15(17)18)8-9(11)2-1-3-12(14)16/h4-5,8H,1-3,6-7H2. The van der Waals surface area contributed by atoms with E-state index >= 15 is 0 Å². The smallest absolute Gasteiger partial charge is 0.269 e. The SMILES string of the molecule is O=C1CCCc2cc([N+](=O)[O-])ccc2N1CCBr. The second kappa shape index (κ2) is 5.48. The number of fused-ring (bicyclic) bond motifs is 1. The summed E-state index contributed by atoms with van der Waals surface area (Å²) in [6, 6.07) is 4.72. The molecule has 1 amide bonds. The lowest BCUT2D eigenvalue weighted by atomic mass is 10.1. The normalized spacial score (nSPS) is 15.2. The minimum absolute atomic E-state index is 0.0851. The molecule has 0 N–H and O–H groups in total. The Hall–Kier alpha value is -1.43. The third-order valence-corrected chi connectivity index (χ3v) is 3.37. The maximum Gasteiger partial charge on any atom is 0.269 e. The van der Waals surface area contributed by atoms with E-state index in [-0.39, 0.29) is 11.6 Å². The van der Waals surface area contributed by atoms with Gasteiger partial charge >= 0.3 is 0 Å². The highest BCUT2D eigenvalue weighted by molar-refractivity contribution is 9.09. The second-order valence-electron chi connectivity index (χ2n) is 4.16. The van der Waals surface area contributed by atoms with E-state index in [0.717, 1.165) is 17.7 Å². The van der Waals surface area contributed by atoms with Gasteiger partial charge in [-0.25, -0.2) is 0 Å². The molecular weight excluding hydrogens is 300 g/mol. The number of hydrogen-bond acceptors (Lipinski definition) is 3. The third kappa shape index (κ3) is 2.53. The fourth-order valence-electron chi connectivity index (χ4n) is 2.18. The molecule has 0 radical (unpaired) electrons. The Labute approximate surface area is 113 Å². The lowest BCUT2D eigenvalue weighted by molar-refractivity contribution is -0.384. The highest BCUT2D eigenvalue weighted by atomic mass is 79.9. The van der Waals surface area contributed by atoms with Crippen molar-refractivity contribution >= 4 is 33.2 Å². The highest BCUT2D eigenvalue weighted by Gasteiger charge is 2.23. The molecule has 1 heterocycles. The van der Waals surface area contributed by atoms with Crippen molar-refractivity contribution < 1.29 is 9.72 Å². The molecule has 1 aliphatic heterocycles. The van der Waals surface area contributed by atoms with Crippen molar-refractivity contribution in [2.45, 2.75) is 19.3 Å². The number of carbonyl (C=O) groups is 1. The van der Waals surface area contributed by atoms with Crippen LogP contribution in [0.1, 0.15) is 18.4 Å². The second-order valence-corrected chi connectivity index (χ2v) is 4.95. The van der Waals surface area contributed by atoms with Crippen LogP contribution >= 0.6 is 15.9 Å². The maximum absolute atomic E-state index is 12.0. The van der Waals surface area contributed by atoms with E-state index in [4.69, 9.17) is 0 Å².